The molecule has 0 fully saturated rings. The smallest absolute Gasteiger partial charge is 0.257 e. The molecule has 20 heavy (non-hydrogen) atoms. The Labute approximate surface area is 123 Å². The molecular weight excluding hydrogens is 274 g/mol. The normalized spacial score (nSPS) is 10.2. The molecule has 5 heteroatoms. The van der Waals surface area contributed by atoms with Gasteiger partial charge >= 0.3 is 0 Å². The SMILES string of the molecule is CCNc1ccc(Cl)cc1C(=O)Nc1cccnc1C. The Morgan fingerprint density at radius 3 is 2.80 bits per heavy atom. The number of benzene rings is 1. The van der Waals surface area contributed by atoms with Gasteiger partial charge in [-0.3, -0.25) is 9.78 Å². The summed E-state index contributed by atoms with van der Waals surface area (Å²) in [4.78, 5) is 16.5. The second-order valence-corrected chi connectivity index (χ2v) is 4.75. The van der Waals surface area contributed by atoms with Crippen LogP contribution >= 0.6 is 11.6 Å². The molecule has 0 saturated carbocycles. The van der Waals surface area contributed by atoms with Gasteiger partial charge in [0.25, 0.3) is 5.91 Å². The molecule has 0 aliphatic rings. The summed E-state index contributed by atoms with van der Waals surface area (Å²) in [5.74, 6) is -0.209. The minimum Gasteiger partial charge on any atom is -0.385 e. The minimum absolute atomic E-state index is 0.209. The number of carbonyl (C=O) groups excluding carboxylic acids is 1. The maximum absolute atomic E-state index is 12.4. The van der Waals surface area contributed by atoms with Crippen LogP contribution in [0.4, 0.5) is 11.4 Å². The van der Waals surface area contributed by atoms with E-state index in [1.54, 1.807) is 30.5 Å². The van der Waals surface area contributed by atoms with E-state index in [0.29, 0.717) is 16.3 Å². The molecule has 1 amide bonds. The van der Waals surface area contributed by atoms with E-state index in [1.807, 2.05) is 19.9 Å². The number of aromatic nitrogens is 1. The van der Waals surface area contributed by atoms with E-state index in [4.69, 9.17) is 11.6 Å². The Bertz CT molecular complexity index is 628. The molecule has 1 aromatic heterocycles. The van der Waals surface area contributed by atoms with Crippen LogP contribution in [0.5, 0.6) is 0 Å². The van der Waals surface area contributed by atoms with Gasteiger partial charge in [-0.15, -0.1) is 0 Å². The summed E-state index contributed by atoms with van der Waals surface area (Å²) in [5.41, 5.74) is 2.74. The number of nitrogens with zero attached hydrogens (tertiary/aromatic N) is 1. The predicted molar refractivity (Wildman–Crippen MR) is 82.5 cm³/mol. The second-order valence-electron chi connectivity index (χ2n) is 4.31. The maximum atomic E-state index is 12.4. The first-order valence-electron chi connectivity index (χ1n) is 6.38. The number of hydrogen-bond acceptors (Lipinski definition) is 3. The van der Waals surface area contributed by atoms with Gasteiger partial charge in [-0.2, -0.15) is 0 Å². The van der Waals surface area contributed by atoms with E-state index in [9.17, 15) is 4.79 Å². The van der Waals surface area contributed by atoms with Crippen molar-refractivity contribution in [1.29, 1.82) is 0 Å². The van der Waals surface area contributed by atoms with E-state index in [-0.39, 0.29) is 5.91 Å². The molecule has 0 aliphatic heterocycles. The number of hydrogen-bond donors (Lipinski definition) is 2. The van der Waals surface area contributed by atoms with Crippen LogP contribution in [0.25, 0.3) is 0 Å². The Morgan fingerprint density at radius 1 is 1.30 bits per heavy atom. The zero-order chi connectivity index (χ0) is 14.5. The summed E-state index contributed by atoms with van der Waals surface area (Å²) < 4.78 is 0. The molecule has 0 radical (unpaired) electrons. The molecule has 4 nitrogen and oxygen atoms in total. The fourth-order valence-electron chi connectivity index (χ4n) is 1.85. The molecule has 0 spiro atoms. The zero-order valence-corrected chi connectivity index (χ0v) is 12.2. The maximum Gasteiger partial charge on any atom is 0.257 e. The first kappa shape index (κ1) is 14.3. The molecule has 1 heterocycles. The van der Waals surface area contributed by atoms with Crippen LogP contribution < -0.4 is 10.6 Å². The number of aryl methyl sites for hydroxylation is 1. The fourth-order valence-corrected chi connectivity index (χ4v) is 2.03. The summed E-state index contributed by atoms with van der Waals surface area (Å²) in [6, 6.07) is 8.81. The van der Waals surface area contributed by atoms with Crippen molar-refractivity contribution in [3.63, 3.8) is 0 Å². The third-order valence-corrected chi connectivity index (χ3v) is 3.08. The van der Waals surface area contributed by atoms with E-state index in [0.717, 1.165) is 17.9 Å². The quantitative estimate of drug-likeness (QED) is 0.902. The van der Waals surface area contributed by atoms with E-state index in [2.05, 4.69) is 15.6 Å². The largest absolute Gasteiger partial charge is 0.385 e. The predicted octanol–water partition coefficient (Wildman–Crippen LogP) is 3.73. The molecular formula is C15H16ClN3O. The lowest BCUT2D eigenvalue weighted by Gasteiger charge is -2.12. The number of halogens is 1. The van der Waals surface area contributed by atoms with E-state index >= 15 is 0 Å². The molecule has 104 valence electrons. The number of anilines is 2. The number of rotatable bonds is 4. The number of carbonyl (C=O) groups is 1. The number of amides is 1. The Balaban J connectivity index is 2.29. The lowest BCUT2D eigenvalue weighted by atomic mass is 10.1. The average Bonchev–Trinajstić information content (AvgIpc) is 2.43. The van der Waals surface area contributed by atoms with E-state index in [1.165, 1.54) is 0 Å². The minimum atomic E-state index is -0.209. The highest BCUT2D eigenvalue weighted by molar-refractivity contribution is 6.31. The van der Waals surface area contributed by atoms with Gasteiger partial charge in [-0.05, 0) is 44.2 Å². The molecule has 0 aliphatic carbocycles. The Hall–Kier alpha value is -2.07. The molecule has 1 aromatic carbocycles. The number of pyridine rings is 1. The van der Waals surface area contributed by atoms with Crippen molar-refractivity contribution in [1.82, 2.24) is 4.98 Å². The zero-order valence-electron chi connectivity index (χ0n) is 11.4. The van der Waals surface area contributed by atoms with Gasteiger partial charge in [0.15, 0.2) is 0 Å². The molecule has 2 aromatic rings. The van der Waals surface area contributed by atoms with Gasteiger partial charge in [0, 0.05) is 23.5 Å². The summed E-state index contributed by atoms with van der Waals surface area (Å²) in [5, 5.41) is 6.53. The highest BCUT2D eigenvalue weighted by Crippen LogP contribution is 2.22. The monoisotopic (exact) mass is 289 g/mol. The van der Waals surface area contributed by atoms with Crippen LogP contribution in [0.15, 0.2) is 36.5 Å². The topological polar surface area (TPSA) is 54.0 Å². The van der Waals surface area contributed by atoms with Gasteiger partial charge in [-0.25, -0.2) is 0 Å². The molecule has 0 saturated heterocycles. The van der Waals surface area contributed by atoms with E-state index < -0.39 is 0 Å². The highest BCUT2D eigenvalue weighted by atomic mass is 35.5. The van der Waals surface area contributed by atoms with Crippen LogP contribution in [-0.4, -0.2) is 17.4 Å². The van der Waals surface area contributed by atoms with Gasteiger partial charge in [0.1, 0.15) is 0 Å². The highest BCUT2D eigenvalue weighted by Gasteiger charge is 2.13. The van der Waals surface area contributed by atoms with Gasteiger partial charge in [-0.1, -0.05) is 11.6 Å². The third-order valence-electron chi connectivity index (χ3n) is 2.85. The van der Waals surface area contributed by atoms with Gasteiger partial charge in [0.2, 0.25) is 0 Å². The molecule has 0 unspecified atom stereocenters. The van der Waals surface area contributed by atoms with Crippen LogP contribution in [0.2, 0.25) is 5.02 Å². The standard InChI is InChI=1S/C15H16ClN3O/c1-3-17-14-7-6-11(16)9-12(14)15(20)19-13-5-4-8-18-10(13)2/h4-9,17H,3H2,1-2H3,(H,19,20). The van der Waals surface area contributed by atoms with Crippen molar-refractivity contribution in [2.24, 2.45) is 0 Å². The molecule has 2 rings (SSSR count). The van der Waals surface area contributed by atoms with Crippen molar-refractivity contribution in [2.45, 2.75) is 13.8 Å². The first-order chi connectivity index (χ1) is 9.61. The van der Waals surface area contributed by atoms with Gasteiger partial charge in [0.05, 0.1) is 16.9 Å². The van der Waals surface area contributed by atoms with Crippen molar-refractivity contribution >= 4 is 28.9 Å². The van der Waals surface area contributed by atoms with Crippen molar-refractivity contribution in [2.75, 3.05) is 17.2 Å². The summed E-state index contributed by atoms with van der Waals surface area (Å²) in [6.07, 6.45) is 1.69. The summed E-state index contributed by atoms with van der Waals surface area (Å²) in [7, 11) is 0. The Kier molecular flexibility index (Phi) is 4.58. The molecule has 2 N–H and O–H groups in total. The Morgan fingerprint density at radius 2 is 2.10 bits per heavy atom. The van der Waals surface area contributed by atoms with Crippen LogP contribution in [0.3, 0.4) is 0 Å². The van der Waals surface area contributed by atoms with Crippen molar-refractivity contribution in [3.8, 4) is 0 Å². The lowest BCUT2D eigenvalue weighted by Crippen LogP contribution is -2.15. The molecule has 0 bridgehead atoms. The van der Waals surface area contributed by atoms with Crippen LogP contribution in [0, 0.1) is 6.92 Å². The van der Waals surface area contributed by atoms with Gasteiger partial charge < -0.3 is 10.6 Å². The van der Waals surface area contributed by atoms with Crippen molar-refractivity contribution < 1.29 is 4.79 Å². The number of nitrogens with one attached hydrogen (secondary N) is 2. The first-order valence-corrected chi connectivity index (χ1v) is 6.76. The van der Waals surface area contributed by atoms with Crippen LogP contribution in [0.1, 0.15) is 23.0 Å². The molecule has 0 atom stereocenters. The van der Waals surface area contributed by atoms with Crippen molar-refractivity contribution in [3.05, 3.63) is 52.8 Å². The lowest BCUT2D eigenvalue weighted by molar-refractivity contribution is 0.102. The van der Waals surface area contributed by atoms with Crippen LogP contribution in [-0.2, 0) is 0 Å². The summed E-state index contributed by atoms with van der Waals surface area (Å²) in [6.45, 7) is 4.55. The average molecular weight is 290 g/mol. The summed E-state index contributed by atoms with van der Waals surface area (Å²) >= 11 is 5.98. The third kappa shape index (κ3) is 3.27. The second kappa shape index (κ2) is 6.39. The fraction of sp³-hybridized carbons (Fsp3) is 0.200.